The van der Waals surface area contributed by atoms with Crippen molar-refractivity contribution >= 4 is 27.6 Å². The summed E-state index contributed by atoms with van der Waals surface area (Å²) in [7, 11) is 0. The van der Waals surface area contributed by atoms with Gasteiger partial charge < -0.3 is 10.1 Å². The summed E-state index contributed by atoms with van der Waals surface area (Å²) in [5.41, 5.74) is 2.99. The van der Waals surface area contributed by atoms with Crippen molar-refractivity contribution in [3.63, 3.8) is 0 Å². The van der Waals surface area contributed by atoms with Crippen molar-refractivity contribution in [2.75, 3.05) is 6.61 Å². The molecule has 1 atom stereocenters. The molecule has 0 bridgehead atoms. The molecule has 136 valence electrons. The third-order valence-electron chi connectivity index (χ3n) is 4.63. The number of benzene rings is 2. The van der Waals surface area contributed by atoms with Crippen molar-refractivity contribution in [1.82, 2.24) is 5.32 Å². The van der Waals surface area contributed by atoms with Crippen molar-refractivity contribution in [3.8, 4) is 5.75 Å². The second-order valence-electron chi connectivity index (χ2n) is 6.42. The van der Waals surface area contributed by atoms with Crippen LogP contribution in [0.25, 0.3) is 0 Å². The van der Waals surface area contributed by atoms with E-state index in [0.29, 0.717) is 17.7 Å². The SMILES string of the molecule is CCC(=O)c1cc(Br)ccc1OCC(=O)N[C@H]1CCCc2ccccc21. The summed E-state index contributed by atoms with van der Waals surface area (Å²) in [6, 6.07) is 13.5. The number of aryl methyl sites for hydroxylation is 1. The van der Waals surface area contributed by atoms with Crippen LogP contribution in [-0.4, -0.2) is 18.3 Å². The van der Waals surface area contributed by atoms with Gasteiger partial charge in [0.15, 0.2) is 12.4 Å². The smallest absolute Gasteiger partial charge is 0.258 e. The van der Waals surface area contributed by atoms with Gasteiger partial charge >= 0.3 is 0 Å². The van der Waals surface area contributed by atoms with Crippen LogP contribution in [-0.2, 0) is 11.2 Å². The Hall–Kier alpha value is -2.14. The highest BCUT2D eigenvalue weighted by Gasteiger charge is 2.21. The average Bonchev–Trinajstić information content (AvgIpc) is 2.66. The van der Waals surface area contributed by atoms with Gasteiger partial charge in [-0.1, -0.05) is 47.1 Å². The van der Waals surface area contributed by atoms with E-state index < -0.39 is 0 Å². The van der Waals surface area contributed by atoms with Gasteiger partial charge in [-0.05, 0) is 48.6 Å². The lowest BCUT2D eigenvalue weighted by Crippen LogP contribution is -2.34. The minimum absolute atomic E-state index is 0.0112. The molecule has 2 aromatic carbocycles. The third kappa shape index (κ3) is 4.33. The van der Waals surface area contributed by atoms with Crippen molar-refractivity contribution in [2.45, 2.75) is 38.6 Å². The Morgan fingerprint density at radius 2 is 2.04 bits per heavy atom. The fraction of sp³-hybridized carbons (Fsp3) is 0.333. The van der Waals surface area contributed by atoms with Crippen molar-refractivity contribution < 1.29 is 14.3 Å². The molecule has 4 nitrogen and oxygen atoms in total. The van der Waals surface area contributed by atoms with E-state index in [1.807, 2.05) is 12.1 Å². The van der Waals surface area contributed by atoms with Crippen molar-refractivity contribution in [3.05, 3.63) is 63.6 Å². The van der Waals surface area contributed by atoms with Gasteiger partial charge in [0.1, 0.15) is 5.75 Å². The standard InChI is InChI=1S/C21H22BrNO3/c1-2-19(24)17-12-15(22)10-11-20(17)26-13-21(25)23-18-9-5-7-14-6-3-4-8-16(14)18/h3-4,6,8,10-12,18H,2,5,7,9,13H2,1H3,(H,23,25)/t18-/m0/s1. The van der Waals surface area contributed by atoms with E-state index in [4.69, 9.17) is 4.74 Å². The van der Waals surface area contributed by atoms with Gasteiger partial charge in [-0.25, -0.2) is 0 Å². The summed E-state index contributed by atoms with van der Waals surface area (Å²) in [4.78, 5) is 24.5. The number of fused-ring (bicyclic) bond motifs is 1. The van der Waals surface area contributed by atoms with Crippen LogP contribution in [0.15, 0.2) is 46.9 Å². The molecule has 0 unspecified atom stereocenters. The van der Waals surface area contributed by atoms with Crippen LogP contribution in [0, 0.1) is 0 Å². The van der Waals surface area contributed by atoms with E-state index in [9.17, 15) is 9.59 Å². The van der Waals surface area contributed by atoms with Crippen LogP contribution in [0.5, 0.6) is 5.75 Å². The van der Waals surface area contributed by atoms with Crippen LogP contribution < -0.4 is 10.1 Å². The molecule has 0 aromatic heterocycles. The Labute approximate surface area is 162 Å². The predicted molar refractivity (Wildman–Crippen MR) is 105 cm³/mol. The number of hydrogen-bond acceptors (Lipinski definition) is 3. The molecular formula is C21H22BrNO3. The van der Waals surface area contributed by atoms with Crippen LogP contribution in [0.2, 0.25) is 0 Å². The van der Waals surface area contributed by atoms with Crippen LogP contribution in [0.1, 0.15) is 53.7 Å². The fourth-order valence-electron chi connectivity index (χ4n) is 3.32. The summed E-state index contributed by atoms with van der Waals surface area (Å²) in [5, 5.41) is 3.06. The van der Waals surface area contributed by atoms with Gasteiger partial charge in [0.25, 0.3) is 5.91 Å². The predicted octanol–water partition coefficient (Wildman–Crippen LogP) is 4.61. The quantitative estimate of drug-likeness (QED) is 0.700. The van der Waals surface area contributed by atoms with Gasteiger partial charge in [-0.2, -0.15) is 0 Å². The number of ether oxygens (including phenoxy) is 1. The van der Waals surface area contributed by atoms with E-state index in [-0.39, 0.29) is 24.3 Å². The van der Waals surface area contributed by atoms with E-state index >= 15 is 0 Å². The molecule has 0 radical (unpaired) electrons. The molecule has 0 aliphatic heterocycles. The molecular weight excluding hydrogens is 394 g/mol. The first-order chi connectivity index (χ1) is 12.6. The summed E-state index contributed by atoms with van der Waals surface area (Å²) in [6.45, 7) is 1.70. The van der Waals surface area contributed by atoms with Crippen LogP contribution in [0.3, 0.4) is 0 Å². The molecule has 1 amide bonds. The number of hydrogen-bond donors (Lipinski definition) is 1. The van der Waals surface area contributed by atoms with Crippen LogP contribution >= 0.6 is 15.9 Å². The molecule has 5 heteroatoms. The molecule has 1 aliphatic rings. The maximum absolute atomic E-state index is 12.4. The first-order valence-corrected chi connectivity index (χ1v) is 9.70. The number of carbonyl (C=O) groups is 2. The van der Waals surface area contributed by atoms with E-state index in [2.05, 4.69) is 33.4 Å². The topological polar surface area (TPSA) is 55.4 Å². The van der Waals surface area contributed by atoms with Gasteiger partial charge in [0, 0.05) is 10.9 Å². The highest BCUT2D eigenvalue weighted by molar-refractivity contribution is 9.10. The number of ketones is 1. The zero-order valence-corrected chi connectivity index (χ0v) is 16.3. The monoisotopic (exact) mass is 415 g/mol. The summed E-state index contributed by atoms with van der Waals surface area (Å²) in [5.74, 6) is 0.256. The van der Waals surface area contributed by atoms with Gasteiger partial charge in [0.2, 0.25) is 0 Å². The Kier molecular flexibility index (Phi) is 6.09. The average molecular weight is 416 g/mol. The minimum Gasteiger partial charge on any atom is -0.483 e. The molecule has 0 heterocycles. The maximum Gasteiger partial charge on any atom is 0.258 e. The lowest BCUT2D eigenvalue weighted by Gasteiger charge is -2.26. The maximum atomic E-state index is 12.4. The molecule has 1 aliphatic carbocycles. The number of Topliss-reactive ketones (excluding diaryl/α,β-unsaturated/α-hetero) is 1. The van der Waals surface area contributed by atoms with Crippen molar-refractivity contribution in [1.29, 1.82) is 0 Å². The van der Waals surface area contributed by atoms with E-state index in [1.54, 1.807) is 25.1 Å². The number of carbonyl (C=O) groups excluding carboxylic acids is 2. The molecule has 3 rings (SSSR count). The Bertz CT molecular complexity index is 819. The first-order valence-electron chi connectivity index (χ1n) is 8.91. The Morgan fingerprint density at radius 3 is 2.85 bits per heavy atom. The molecule has 0 fully saturated rings. The number of rotatable bonds is 6. The zero-order valence-electron chi connectivity index (χ0n) is 14.8. The second-order valence-corrected chi connectivity index (χ2v) is 7.33. The lowest BCUT2D eigenvalue weighted by molar-refractivity contribution is -0.124. The molecule has 0 spiro atoms. The van der Waals surface area contributed by atoms with Gasteiger partial charge in [-0.3, -0.25) is 9.59 Å². The summed E-state index contributed by atoms with van der Waals surface area (Å²) in [6.07, 6.45) is 3.43. The number of nitrogens with one attached hydrogen (secondary N) is 1. The minimum atomic E-state index is -0.176. The second kappa shape index (κ2) is 8.49. The molecule has 2 aromatic rings. The van der Waals surface area contributed by atoms with Gasteiger partial charge in [-0.15, -0.1) is 0 Å². The van der Waals surface area contributed by atoms with E-state index in [0.717, 1.165) is 23.7 Å². The summed E-state index contributed by atoms with van der Waals surface area (Å²) >= 11 is 3.37. The lowest BCUT2D eigenvalue weighted by atomic mass is 9.88. The van der Waals surface area contributed by atoms with Crippen molar-refractivity contribution in [2.24, 2.45) is 0 Å². The van der Waals surface area contributed by atoms with Crippen LogP contribution in [0.4, 0.5) is 0 Å². The normalized spacial score (nSPS) is 15.8. The van der Waals surface area contributed by atoms with E-state index in [1.165, 1.54) is 11.1 Å². The first kappa shape index (κ1) is 18.6. The largest absolute Gasteiger partial charge is 0.483 e. The summed E-state index contributed by atoms with van der Waals surface area (Å²) < 4.78 is 6.46. The fourth-order valence-corrected chi connectivity index (χ4v) is 3.68. The molecule has 1 N–H and O–H groups in total. The third-order valence-corrected chi connectivity index (χ3v) is 5.12. The number of amides is 1. The van der Waals surface area contributed by atoms with Gasteiger partial charge in [0.05, 0.1) is 11.6 Å². The molecule has 0 saturated heterocycles. The Morgan fingerprint density at radius 1 is 1.23 bits per heavy atom. The molecule has 26 heavy (non-hydrogen) atoms. The molecule has 0 saturated carbocycles. The Balaban J connectivity index is 1.65. The highest BCUT2D eigenvalue weighted by Crippen LogP contribution is 2.29. The zero-order chi connectivity index (χ0) is 18.5. The highest BCUT2D eigenvalue weighted by atomic mass is 79.9. The number of halogens is 1.